The normalized spacial score (nSPS) is 15.2. The number of hydrogen-bond donors (Lipinski definition) is 2. The molecule has 168 valence electrons. The second kappa shape index (κ2) is 8.78. The monoisotopic (exact) mass is 454 g/mol. The number of halogens is 3. The number of carbonyl (C=O) groups excluding carboxylic acids is 3. The van der Waals surface area contributed by atoms with Gasteiger partial charge in [0.1, 0.15) is 0 Å². The number of hydrogen-bond acceptors (Lipinski definition) is 4. The smallest absolute Gasteiger partial charge is 0.416 e. The van der Waals surface area contributed by atoms with E-state index in [-0.39, 0.29) is 23.4 Å². The highest BCUT2D eigenvalue weighted by Crippen LogP contribution is 2.31. The Morgan fingerprint density at radius 3 is 2.33 bits per heavy atom. The molecule has 0 saturated heterocycles. The zero-order valence-electron chi connectivity index (χ0n) is 17.0. The van der Waals surface area contributed by atoms with Crippen molar-refractivity contribution in [3.8, 4) is 0 Å². The third-order valence-electron chi connectivity index (χ3n) is 5.02. The Balaban J connectivity index is 1.44. The number of amides is 2. The lowest BCUT2D eigenvalue weighted by molar-refractivity contribution is -0.137. The summed E-state index contributed by atoms with van der Waals surface area (Å²) in [5.41, 5.74) is 0.600. The quantitative estimate of drug-likeness (QED) is 0.561. The second-order valence-electron chi connectivity index (χ2n) is 7.36. The summed E-state index contributed by atoms with van der Waals surface area (Å²) < 4.78 is 43.9. The molecule has 1 heterocycles. The molecule has 1 unspecified atom stereocenters. The van der Waals surface area contributed by atoms with Crippen molar-refractivity contribution in [2.75, 3.05) is 10.6 Å². The van der Waals surface area contributed by atoms with E-state index >= 15 is 0 Å². The van der Waals surface area contributed by atoms with Gasteiger partial charge >= 0.3 is 12.1 Å². The fourth-order valence-electron chi connectivity index (χ4n) is 3.42. The lowest BCUT2D eigenvalue weighted by Crippen LogP contribution is -2.38. The van der Waals surface area contributed by atoms with Gasteiger partial charge in [0.05, 0.1) is 11.1 Å². The standard InChI is InChI=1S/C24H17F3N2O4/c25-24(26,27)16-7-4-9-18(13-16)28-21(30)15-6-3-8-17(11-15)29-22(31)20-12-14-5-1-2-10-19(14)23(32)33-20/h1-11,13,20H,12H2,(H,28,30)(H,29,31). The first-order valence-corrected chi connectivity index (χ1v) is 9.89. The summed E-state index contributed by atoms with van der Waals surface area (Å²) in [6, 6.07) is 17.0. The van der Waals surface area contributed by atoms with Crippen molar-refractivity contribution in [1.29, 1.82) is 0 Å². The van der Waals surface area contributed by atoms with E-state index in [0.29, 0.717) is 11.1 Å². The van der Waals surface area contributed by atoms with Gasteiger partial charge in [-0.05, 0) is 48.0 Å². The number of esters is 1. The molecule has 0 aliphatic carbocycles. The summed E-state index contributed by atoms with van der Waals surface area (Å²) in [6.07, 6.45) is -5.35. The van der Waals surface area contributed by atoms with Crippen LogP contribution in [-0.2, 0) is 22.1 Å². The van der Waals surface area contributed by atoms with Crippen LogP contribution in [0.4, 0.5) is 24.5 Å². The molecule has 0 fully saturated rings. The number of alkyl halides is 3. The maximum absolute atomic E-state index is 12.9. The number of anilines is 2. The highest BCUT2D eigenvalue weighted by Gasteiger charge is 2.32. The molecular weight excluding hydrogens is 437 g/mol. The third kappa shape index (κ3) is 5.03. The van der Waals surface area contributed by atoms with Crippen LogP contribution in [0.1, 0.15) is 31.8 Å². The molecule has 4 rings (SSSR count). The molecule has 33 heavy (non-hydrogen) atoms. The molecule has 9 heteroatoms. The van der Waals surface area contributed by atoms with Crippen LogP contribution in [0.2, 0.25) is 0 Å². The van der Waals surface area contributed by atoms with Crippen LogP contribution >= 0.6 is 0 Å². The maximum atomic E-state index is 12.9. The van der Waals surface area contributed by atoms with Crippen molar-refractivity contribution in [3.63, 3.8) is 0 Å². The minimum Gasteiger partial charge on any atom is -0.448 e. The number of cyclic esters (lactones) is 1. The van der Waals surface area contributed by atoms with E-state index in [2.05, 4.69) is 10.6 Å². The van der Waals surface area contributed by atoms with Crippen LogP contribution in [0.5, 0.6) is 0 Å². The lowest BCUT2D eigenvalue weighted by Gasteiger charge is -2.23. The Bertz CT molecular complexity index is 1240. The zero-order valence-corrected chi connectivity index (χ0v) is 17.0. The van der Waals surface area contributed by atoms with Crippen LogP contribution in [-0.4, -0.2) is 23.9 Å². The van der Waals surface area contributed by atoms with Crippen LogP contribution in [0, 0.1) is 0 Å². The Kier molecular flexibility index (Phi) is 5.87. The Hall–Kier alpha value is -4.14. The number of ether oxygens (including phenoxy) is 1. The maximum Gasteiger partial charge on any atom is 0.416 e. The van der Waals surface area contributed by atoms with E-state index < -0.39 is 35.6 Å². The topological polar surface area (TPSA) is 84.5 Å². The van der Waals surface area contributed by atoms with Crippen LogP contribution in [0.15, 0.2) is 72.8 Å². The van der Waals surface area contributed by atoms with Gasteiger partial charge in [-0.3, -0.25) is 9.59 Å². The molecule has 6 nitrogen and oxygen atoms in total. The number of benzene rings is 3. The van der Waals surface area contributed by atoms with Gasteiger partial charge in [-0.1, -0.05) is 30.3 Å². The minimum atomic E-state index is -4.53. The first kappa shape index (κ1) is 22.1. The summed E-state index contributed by atoms with van der Waals surface area (Å²) in [7, 11) is 0. The highest BCUT2D eigenvalue weighted by atomic mass is 19.4. The van der Waals surface area contributed by atoms with Crippen LogP contribution in [0.3, 0.4) is 0 Å². The number of nitrogens with one attached hydrogen (secondary N) is 2. The third-order valence-corrected chi connectivity index (χ3v) is 5.02. The van der Waals surface area contributed by atoms with Gasteiger partial charge in [-0.15, -0.1) is 0 Å². The molecule has 2 amide bonds. The summed E-state index contributed by atoms with van der Waals surface area (Å²) in [4.78, 5) is 37.3. The van der Waals surface area contributed by atoms with Crippen molar-refractivity contribution >= 4 is 29.2 Å². The average Bonchev–Trinajstić information content (AvgIpc) is 2.79. The molecule has 1 aliphatic rings. The summed E-state index contributed by atoms with van der Waals surface area (Å²) in [5.74, 6) is -1.80. The molecule has 1 aliphatic heterocycles. The van der Waals surface area contributed by atoms with E-state index in [9.17, 15) is 27.6 Å². The SMILES string of the molecule is O=C(Nc1cccc(C(F)(F)F)c1)c1cccc(NC(=O)C2Cc3ccccc3C(=O)O2)c1. The molecule has 0 radical (unpaired) electrons. The first-order chi connectivity index (χ1) is 15.7. The Labute approximate surface area is 186 Å². The van der Waals surface area contributed by atoms with E-state index in [1.807, 2.05) is 0 Å². The zero-order chi connectivity index (χ0) is 23.6. The van der Waals surface area contributed by atoms with E-state index in [1.165, 1.54) is 36.4 Å². The van der Waals surface area contributed by atoms with Crippen molar-refractivity contribution in [3.05, 3.63) is 95.1 Å². The summed E-state index contributed by atoms with van der Waals surface area (Å²) in [5, 5.41) is 5.02. The molecule has 3 aromatic rings. The minimum absolute atomic E-state index is 0.0166. The van der Waals surface area contributed by atoms with E-state index in [1.54, 1.807) is 24.3 Å². The van der Waals surface area contributed by atoms with Crippen molar-refractivity contribution < 1.29 is 32.3 Å². The van der Waals surface area contributed by atoms with Gasteiger partial charge in [-0.2, -0.15) is 13.2 Å². The predicted octanol–water partition coefficient (Wildman–Crippen LogP) is 4.68. The molecule has 0 bridgehead atoms. The Morgan fingerprint density at radius 1 is 0.879 bits per heavy atom. The van der Waals surface area contributed by atoms with Crippen molar-refractivity contribution in [2.45, 2.75) is 18.7 Å². The molecule has 0 spiro atoms. The van der Waals surface area contributed by atoms with Gasteiger partial charge in [0.15, 0.2) is 6.10 Å². The number of rotatable bonds is 4. The highest BCUT2D eigenvalue weighted by molar-refractivity contribution is 6.06. The first-order valence-electron chi connectivity index (χ1n) is 9.89. The predicted molar refractivity (Wildman–Crippen MR) is 114 cm³/mol. The van der Waals surface area contributed by atoms with Crippen molar-refractivity contribution in [2.24, 2.45) is 0 Å². The van der Waals surface area contributed by atoms with E-state index in [4.69, 9.17) is 4.74 Å². The molecule has 0 aromatic heterocycles. The van der Waals surface area contributed by atoms with Crippen LogP contribution in [0.25, 0.3) is 0 Å². The lowest BCUT2D eigenvalue weighted by atomic mass is 9.98. The Morgan fingerprint density at radius 2 is 1.58 bits per heavy atom. The fraction of sp³-hybridized carbons (Fsp3) is 0.125. The van der Waals surface area contributed by atoms with Gasteiger partial charge < -0.3 is 15.4 Å². The largest absolute Gasteiger partial charge is 0.448 e. The van der Waals surface area contributed by atoms with Gasteiger partial charge in [-0.25, -0.2) is 4.79 Å². The van der Waals surface area contributed by atoms with Gasteiger partial charge in [0, 0.05) is 23.4 Å². The molecule has 2 N–H and O–H groups in total. The van der Waals surface area contributed by atoms with Gasteiger partial charge in [0.25, 0.3) is 11.8 Å². The van der Waals surface area contributed by atoms with E-state index in [0.717, 1.165) is 12.1 Å². The average molecular weight is 454 g/mol. The molecular formula is C24H17F3N2O4. The summed E-state index contributed by atoms with van der Waals surface area (Å²) in [6.45, 7) is 0. The molecule has 3 aromatic carbocycles. The summed E-state index contributed by atoms with van der Waals surface area (Å²) >= 11 is 0. The van der Waals surface area contributed by atoms with Crippen LogP contribution < -0.4 is 10.6 Å². The number of fused-ring (bicyclic) bond motifs is 1. The number of carbonyl (C=O) groups is 3. The van der Waals surface area contributed by atoms with Crippen molar-refractivity contribution in [1.82, 2.24) is 0 Å². The fourth-order valence-corrected chi connectivity index (χ4v) is 3.42. The second-order valence-corrected chi connectivity index (χ2v) is 7.36. The van der Waals surface area contributed by atoms with Gasteiger partial charge in [0.2, 0.25) is 0 Å². The molecule has 0 saturated carbocycles. The molecule has 1 atom stereocenters.